The number of nitrogens with zero attached hydrogens (tertiary/aromatic N) is 5. The number of hydrogen-bond donors (Lipinski definition) is 0. The number of anilines is 1. The first-order valence-corrected chi connectivity index (χ1v) is 12.7. The average molecular weight is 444 g/mol. The Labute approximate surface area is 183 Å². The summed E-state index contributed by atoms with van der Waals surface area (Å²) in [6.07, 6.45) is 9.51. The van der Waals surface area contributed by atoms with E-state index in [2.05, 4.69) is 21.8 Å². The van der Waals surface area contributed by atoms with E-state index in [1.165, 1.54) is 18.9 Å². The van der Waals surface area contributed by atoms with E-state index in [0.29, 0.717) is 49.1 Å². The van der Waals surface area contributed by atoms with Crippen LogP contribution in [0.25, 0.3) is 0 Å². The second-order valence-electron chi connectivity index (χ2n) is 8.69. The first-order valence-electron chi connectivity index (χ1n) is 10.8. The molecule has 31 heavy (non-hydrogen) atoms. The van der Waals surface area contributed by atoms with Crippen LogP contribution in [0.4, 0.5) is 5.95 Å². The smallest absolute Gasteiger partial charge is 0.255 e. The standard InChI is InChI=1S/C22H29N5O3S/c1-16-5-4-10-27(15-16)22-24-14-19(31(2,29)30)20(25-22)17-7-11-26(12-8-17)21(28)18-6-3-9-23-13-18/h3,6,9,13-14,16-17H,4-5,7-8,10-12,15H2,1-2H3/t16-/m1/s1. The highest BCUT2D eigenvalue weighted by molar-refractivity contribution is 7.90. The van der Waals surface area contributed by atoms with Gasteiger partial charge in [0.1, 0.15) is 4.90 Å². The van der Waals surface area contributed by atoms with Crippen LogP contribution in [0.2, 0.25) is 0 Å². The summed E-state index contributed by atoms with van der Waals surface area (Å²) in [5.41, 5.74) is 1.17. The topological polar surface area (TPSA) is 96.4 Å². The fraction of sp³-hybridized carbons (Fsp3) is 0.545. The second kappa shape index (κ2) is 8.90. The molecule has 1 atom stereocenters. The van der Waals surface area contributed by atoms with Crippen molar-refractivity contribution in [3.8, 4) is 0 Å². The van der Waals surface area contributed by atoms with Crippen molar-refractivity contribution in [1.82, 2.24) is 19.9 Å². The monoisotopic (exact) mass is 443 g/mol. The molecule has 0 spiro atoms. The van der Waals surface area contributed by atoms with Gasteiger partial charge < -0.3 is 9.80 Å². The summed E-state index contributed by atoms with van der Waals surface area (Å²) < 4.78 is 24.9. The minimum atomic E-state index is -3.45. The fourth-order valence-corrected chi connectivity index (χ4v) is 5.34. The molecule has 0 aromatic carbocycles. The van der Waals surface area contributed by atoms with Gasteiger partial charge >= 0.3 is 0 Å². The molecular weight excluding hydrogens is 414 g/mol. The zero-order valence-corrected chi connectivity index (χ0v) is 18.9. The van der Waals surface area contributed by atoms with Gasteiger partial charge in [0.25, 0.3) is 5.91 Å². The highest BCUT2D eigenvalue weighted by atomic mass is 32.2. The summed E-state index contributed by atoms with van der Waals surface area (Å²) in [6.45, 7) is 5.10. The van der Waals surface area contributed by atoms with Crippen LogP contribution in [0.5, 0.6) is 0 Å². The van der Waals surface area contributed by atoms with Crippen molar-refractivity contribution in [2.45, 2.75) is 43.4 Å². The van der Waals surface area contributed by atoms with E-state index < -0.39 is 9.84 Å². The molecule has 0 saturated carbocycles. The third kappa shape index (κ3) is 4.87. The minimum absolute atomic E-state index is 0.0216. The highest BCUT2D eigenvalue weighted by Crippen LogP contribution is 2.33. The first-order chi connectivity index (χ1) is 14.8. The third-order valence-corrected chi connectivity index (χ3v) is 7.30. The summed E-state index contributed by atoms with van der Waals surface area (Å²) in [5, 5.41) is 0. The SMILES string of the molecule is C[C@@H]1CCCN(c2ncc(S(C)(=O)=O)c(C3CCN(C(=O)c4cccnc4)CC3)n2)C1. The maximum absolute atomic E-state index is 12.7. The lowest BCUT2D eigenvalue weighted by molar-refractivity contribution is 0.0711. The number of likely N-dealkylation sites (tertiary alicyclic amines) is 1. The Morgan fingerprint density at radius 2 is 1.90 bits per heavy atom. The number of hydrogen-bond acceptors (Lipinski definition) is 7. The third-order valence-electron chi connectivity index (χ3n) is 6.19. The molecule has 0 bridgehead atoms. The number of amides is 1. The molecule has 166 valence electrons. The van der Waals surface area contributed by atoms with Crippen molar-refractivity contribution < 1.29 is 13.2 Å². The molecule has 9 heteroatoms. The van der Waals surface area contributed by atoms with Crippen molar-refractivity contribution >= 4 is 21.7 Å². The van der Waals surface area contributed by atoms with Crippen LogP contribution in [0.1, 0.15) is 54.6 Å². The molecule has 0 aliphatic carbocycles. The lowest BCUT2D eigenvalue weighted by atomic mass is 9.93. The molecule has 0 unspecified atom stereocenters. The number of piperidine rings is 2. The van der Waals surface area contributed by atoms with Gasteiger partial charge in [-0.2, -0.15) is 0 Å². The molecule has 1 amide bonds. The molecule has 2 aliphatic rings. The van der Waals surface area contributed by atoms with Gasteiger partial charge in [-0.3, -0.25) is 9.78 Å². The maximum atomic E-state index is 12.7. The normalized spacial score (nSPS) is 20.6. The molecule has 2 fully saturated rings. The maximum Gasteiger partial charge on any atom is 0.255 e. The Bertz CT molecular complexity index is 1040. The molecule has 4 heterocycles. The van der Waals surface area contributed by atoms with E-state index in [0.717, 1.165) is 19.5 Å². The zero-order chi connectivity index (χ0) is 22.0. The van der Waals surface area contributed by atoms with Gasteiger partial charge in [-0.25, -0.2) is 18.4 Å². The van der Waals surface area contributed by atoms with Crippen molar-refractivity contribution in [2.75, 3.05) is 37.3 Å². The Kier molecular flexibility index (Phi) is 6.22. The van der Waals surface area contributed by atoms with Crippen molar-refractivity contribution in [3.63, 3.8) is 0 Å². The van der Waals surface area contributed by atoms with Crippen LogP contribution in [-0.4, -0.2) is 66.6 Å². The molecule has 2 saturated heterocycles. The molecule has 2 aliphatic heterocycles. The number of carbonyl (C=O) groups is 1. The highest BCUT2D eigenvalue weighted by Gasteiger charge is 2.30. The molecule has 8 nitrogen and oxygen atoms in total. The number of rotatable bonds is 4. The van der Waals surface area contributed by atoms with E-state index >= 15 is 0 Å². The lowest BCUT2D eigenvalue weighted by Crippen LogP contribution is -2.39. The Morgan fingerprint density at radius 3 is 2.55 bits per heavy atom. The molecule has 0 radical (unpaired) electrons. The van der Waals surface area contributed by atoms with Crippen LogP contribution >= 0.6 is 0 Å². The Morgan fingerprint density at radius 1 is 1.13 bits per heavy atom. The van der Waals surface area contributed by atoms with Gasteiger partial charge in [0.05, 0.1) is 17.5 Å². The summed E-state index contributed by atoms with van der Waals surface area (Å²) in [7, 11) is -3.45. The number of sulfone groups is 1. The van der Waals surface area contributed by atoms with Gasteiger partial charge in [0.2, 0.25) is 5.95 Å². The van der Waals surface area contributed by atoms with E-state index in [9.17, 15) is 13.2 Å². The Balaban J connectivity index is 1.55. The zero-order valence-electron chi connectivity index (χ0n) is 18.1. The average Bonchev–Trinajstić information content (AvgIpc) is 2.78. The number of pyridine rings is 1. The van der Waals surface area contributed by atoms with Crippen LogP contribution in [0.3, 0.4) is 0 Å². The Hall–Kier alpha value is -2.55. The minimum Gasteiger partial charge on any atom is -0.341 e. The lowest BCUT2D eigenvalue weighted by Gasteiger charge is -2.34. The van der Waals surface area contributed by atoms with E-state index in [1.54, 1.807) is 24.5 Å². The molecule has 4 rings (SSSR count). The molecule has 2 aromatic rings. The summed E-state index contributed by atoms with van der Waals surface area (Å²) in [4.78, 5) is 30.1. The van der Waals surface area contributed by atoms with Crippen molar-refractivity contribution in [3.05, 3.63) is 42.0 Å². The van der Waals surface area contributed by atoms with Gasteiger partial charge in [-0.1, -0.05) is 6.92 Å². The summed E-state index contributed by atoms with van der Waals surface area (Å²) in [5.74, 6) is 1.12. The first kappa shape index (κ1) is 21.7. The quantitative estimate of drug-likeness (QED) is 0.716. The number of carbonyl (C=O) groups excluding carboxylic acids is 1. The van der Waals surface area contributed by atoms with Crippen LogP contribution in [0.15, 0.2) is 35.6 Å². The van der Waals surface area contributed by atoms with Gasteiger partial charge in [-0.15, -0.1) is 0 Å². The molecule has 2 aromatic heterocycles. The largest absolute Gasteiger partial charge is 0.341 e. The van der Waals surface area contributed by atoms with Crippen LogP contribution in [0, 0.1) is 5.92 Å². The van der Waals surface area contributed by atoms with Crippen LogP contribution in [-0.2, 0) is 9.84 Å². The second-order valence-corrected chi connectivity index (χ2v) is 10.7. The van der Waals surface area contributed by atoms with Crippen molar-refractivity contribution in [2.24, 2.45) is 5.92 Å². The predicted molar refractivity (Wildman–Crippen MR) is 118 cm³/mol. The van der Waals surface area contributed by atoms with Crippen LogP contribution < -0.4 is 4.90 Å². The van der Waals surface area contributed by atoms with E-state index in [1.807, 2.05) is 4.90 Å². The van der Waals surface area contributed by atoms with Gasteiger partial charge in [-0.05, 0) is 43.7 Å². The predicted octanol–water partition coefficient (Wildman–Crippen LogP) is 2.53. The molecule has 0 N–H and O–H groups in total. The summed E-state index contributed by atoms with van der Waals surface area (Å²) in [6, 6.07) is 3.52. The summed E-state index contributed by atoms with van der Waals surface area (Å²) >= 11 is 0. The fourth-order valence-electron chi connectivity index (χ4n) is 4.50. The number of aromatic nitrogens is 3. The van der Waals surface area contributed by atoms with E-state index in [4.69, 9.17) is 4.98 Å². The molecular formula is C22H29N5O3S. The van der Waals surface area contributed by atoms with E-state index in [-0.39, 0.29) is 16.7 Å². The van der Waals surface area contributed by atoms with Gasteiger partial charge in [0.15, 0.2) is 9.84 Å². The van der Waals surface area contributed by atoms with Gasteiger partial charge in [0, 0.05) is 50.7 Å². The van der Waals surface area contributed by atoms with Crippen molar-refractivity contribution in [1.29, 1.82) is 0 Å².